The number of aliphatic carboxylic acids is 1. The minimum Gasteiger partial charge on any atom is -0.481 e. The number of carboxylic acid groups (broad SMARTS) is 1. The second-order valence-electron chi connectivity index (χ2n) is 5.65. The summed E-state index contributed by atoms with van der Waals surface area (Å²) < 4.78 is 0. The van der Waals surface area contributed by atoms with Gasteiger partial charge < -0.3 is 5.11 Å². The summed E-state index contributed by atoms with van der Waals surface area (Å²) in [6.07, 6.45) is 17.0. The normalized spacial score (nSPS) is 12.9. The fourth-order valence-corrected chi connectivity index (χ4v) is 2.19. The van der Waals surface area contributed by atoms with Crippen LogP contribution in [-0.4, -0.2) is 11.1 Å². The quantitative estimate of drug-likeness (QED) is 0.350. The first kappa shape index (κ1) is 18.2. The fraction of sp³-hybridized carbons (Fsp3) is 0.824. The molecular formula is C17H32O2. The molecule has 0 radical (unpaired) electrons. The third-order valence-electron chi connectivity index (χ3n) is 3.52. The van der Waals surface area contributed by atoms with Gasteiger partial charge in [-0.25, -0.2) is 0 Å². The zero-order valence-electron chi connectivity index (χ0n) is 12.9. The van der Waals surface area contributed by atoms with E-state index in [2.05, 4.69) is 26.0 Å². The van der Waals surface area contributed by atoms with Crippen LogP contribution in [0, 0.1) is 5.92 Å². The maximum atomic E-state index is 10.3. The summed E-state index contributed by atoms with van der Waals surface area (Å²) in [7, 11) is 0. The standard InChI is InChI=1S/C17H32O2/c1-3-4-5-7-10-13-16(2)14-11-8-6-9-12-15-17(18)19/h7,10,16H,3-6,8-9,11-15H2,1-2H3,(H,18,19)/b10-7-. The van der Waals surface area contributed by atoms with Crippen LogP contribution in [0.3, 0.4) is 0 Å². The van der Waals surface area contributed by atoms with Crippen molar-refractivity contribution in [1.29, 1.82) is 0 Å². The highest BCUT2D eigenvalue weighted by Gasteiger charge is 2.00. The molecule has 0 aromatic rings. The molecule has 0 aromatic heterocycles. The first-order valence-corrected chi connectivity index (χ1v) is 8.03. The molecular weight excluding hydrogens is 236 g/mol. The molecule has 0 aromatic carbocycles. The Bertz CT molecular complexity index is 233. The van der Waals surface area contributed by atoms with E-state index in [9.17, 15) is 4.79 Å². The Morgan fingerprint density at radius 1 is 1.05 bits per heavy atom. The summed E-state index contributed by atoms with van der Waals surface area (Å²) in [4.78, 5) is 10.3. The largest absolute Gasteiger partial charge is 0.481 e. The molecule has 2 nitrogen and oxygen atoms in total. The summed E-state index contributed by atoms with van der Waals surface area (Å²) in [5.41, 5.74) is 0. The average Bonchev–Trinajstić information content (AvgIpc) is 2.37. The van der Waals surface area contributed by atoms with Crippen LogP contribution in [0.25, 0.3) is 0 Å². The highest BCUT2D eigenvalue weighted by Crippen LogP contribution is 2.15. The highest BCUT2D eigenvalue weighted by atomic mass is 16.4. The highest BCUT2D eigenvalue weighted by molar-refractivity contribution is 5.66. The van der Waals surface area contributed by atoms with E-state index in [0.717, 1.165) is 18.8 Å². The van der Waals surface area contributed by atoms with Crippen molar-refractivity contribution in [3.63, 3.8) is 0 Å². The number of hydrogen-bond donors (Lipinski definition) is 1. The Hall–Kier alpha value is -0.790. The molecule has 0 rings (SSSR count). The van der Waals surface area contributed by atoms with E-state index in [1.807, 2.05) is 0 Å². The second-order valence-corrected chi connectivity index (χ2v) is 5.65. The summed E-state index contributed by atoms with van der Waals surface area (Å²) in [5, 5.41) is 8.52. The molecule has 112 valence electrons. The molecule has 0 aliphatic heterocycles. The van der Waals surface area contributed by atoms with Crippen LogP contribution in [0.1, 0.15) is 84.5 Å². The zero-order valence-corrected chi connectivity index (χ0v) is 12.9. The third kappa shape index (κ3) is 15.2. The van der Waals surface area contributed by atoms with Crippen molar-refractivity contribution in [3.05, 3.63) is 12.2 Å². The van der Waals surface area contributed by atoms with E-state index in [1.54, 1.807) is 0 Å². The van der Waals surface area contributed by atoms with E-state index < -0.39 is 5.97 Å². The first-order valence-electron chi connectivity index (χ1n) is 8.03. The van der Waals surface area contributed by atoms with E-state index in [1.165, 1.54) is 51.4 Å². The molecule has 1 atom stereocenters. The van der Waals surface area contributed by atoms with E-state index in [-0.39, 0.29) is 0 Å². The lowest BCUT2D eigenvalue weighted by atomic mass is 9.98. The maximum Gasteiger partial charge on any atom is 0.303 e. The minimum atomic E-state index is -0.663. The third-order valence-corrected chi connectivity index (χ3v) is 3.52. The molecule has 0 saturated heterocycles. The van der Waals surface area contributed by atoms with Gasteiger partial charge >= 0.3 is 5.97 Å². The predicted octanol–water partition coefficient (Wildman–Crippen LogP) is 5.57. The smallest absolute Gasteiger partial charge is 0.303 e. The molecule has 19 heavy (non-hydrogen) atoms. The Morgan fingerprint density at radius 3 is 2.42 bits per heavy atom. The number of carbonyl (C=O) groups is 1. The van der Waals surface area contributed by atoms with E-state index >= 15 is 0 Å². The van der Waals surface area contributed by atoms with Crippen LogP contribution < -0.4 is 0 Å². The topological polar surface area (TPSA) is 37.3 Å². The number of carboxylic acids is 1. The van der Waals surface area contributed by atoms with Gasteiger partial charge in [0.25, 0.3) is 0 Å². The number of unbranched alkanes of at least 4 members (excludes halogenated alkanes) is 6. The number of rotatable bonds is 13. The summed E-state index contributed by atoms with van der Waals surface area (Å²) >= 11 is 0. The van der Waals surface area contributed by atoms with Gasteiger partial charge in [-0.05, 0) is 25.2 Å². The van der Waals surface area contributed by atoms with Crippen LogP contribution in [0.4, 0.5) is 0 Å². The molecule has 0 spiro atoms. The fourth-order valence-electron chi connectivity index (χ4n) is 2.19. The number of hydrogen-bond acceptors (Lipinski definition) is 1. The van der Waals surface area contributed by atoms with Gasteiger partial charge in [-0.2, -0.15) is 0 Å². The lowest BCUT2D eigenvalue weighted by Crippen LogP contribution is -1.94. The minimum absolute atomic E-state index is 0.332. The van der Waals surface area contributed by atoms with Gasteiger partial charge in [0, 0.05) is 6.42 Å². The molecule has 2 heteroatoms. The van der Waals surface area contributed by atoms with Gasteiger partial charge in [0.2, 0.25) is 0 Å². The van der Waals surface area contributed by atoms with Crippen LogP contribution in [-0.2, 0) is 4.79 Å². The van der Waals surface area contributed by atoms with Crippen molar-refractivity contribution < 1.29 is 9.90 Å². The Morgan fingerprint density at radius 2 is 1.74 bits per heavy atom. The first-order chi connectivity index (χ1) is 9.16. The van der Waals surface area contributed by atoms with Gasteiger partial charge in [-0.15, -0.1) is 0 Å². The molecule has 1 unspecified atom stereocenters. The summed E-state index contributed by atoms with van der Waals surface area (Å²) in [5.74, 6) is 0.125. The van der Waals surface area contributed by atoms with Crippen molar-refractivity contribution in [3.8, 4) is 0 Å². The summed E-state index contributed by atoms with van der Waals surface area (Å²) in [6, 6.07) is 0. The monoisotopic (exact) mass is 268 g/mol. The van der Waals surface area contributed by atoms with Crippen LogP contribution in [0.2, 0.25) is 0 Å². The van der Waals surface area contributed by atoms with E-state index in [0.29, 0.717) is 6.42 Å². The molecule has 0 aliphatic rings. The van der Waals surface area contributed by atoms with Crippen molar-refractivity contribution in [2.75, 3.05) is 0 Å². The molecule has 1 N–H and O–H groups in total. The molecule has 0 heterocycles. The predicted molar refractivity (Wildman–Crippen MR) is 82.4 cm³/mol. The van der Waals surface area contributed by atoms with E-state index in [4.69, 9.17) is 5.11 Å². The van der Waals surface area contributed by atoms with Gasteiger partial charge in [-0.1, -0.05) is 70.9 Å². The van der Waals surface area contributed by atoms with Gasteiger partial charge in [0.15, 0.2) is 0 Å². The van der Waals surface area contributed by atoms with Gasteiger partial charge in [0.1, 0.15) is 0 Å². The van der Waals surface area contributed by atoms with Gasteiger partial charge in [0.05, 0.1) is 0 Å². The lowest BCUT2D eigenvalue weighted by Gasteiger charge is -2.08. The molecule has 0 aliphatic carbocycles. The van der Waals surface area contributed by atoms with Gasteiger partial charge in [-0.3, -0.25) is 4.79 Å². The second kappa shape index (κ2) is 13.6. The maximum absolute atomic E-state index is 10.3. The van der Waals surface area contributed by atoms with Crippen molar-refractivity contribution >= 4 is 5.97 Å². The molecule has 0 bridgehead atoms. The zero-order chi connectivity index (χ0) is 14.3. The van der Waals surface area contributed by atoms with Crippen molar-refractivity contribution in [2.24, 2.45) is 5.92 Å². The molecule has 0 fully saturated rings. The molecule has 0 amide bonds. The summed E-state index contributed by atoms with van der Waals surface area (Å²) in [6.45, 7) is 4.56. The van der Waals surface area contributed by atoms with Crippen molar-refractivity contribution in [2.45, 2.75) is 84.5 Å². The van der Waals surface area contributed by atoms with Crippen LogP contribution in [0.15, 0.2) is 12.2 Å². The lowest BCUT2D eigenvalue weighted by molar-refractivity contribution is -0.137. The SMILES string of the molecule is CCCC/C=C\CC(C)CCCCCCCC(=O)O. The Balaban J connectivity index is 3.26. The number of allylic oxidation sites excluding steroid dienone is 2. The Kier molecular flexibility index (Phi) is 13.1. The van der Waals surface area contributed by atoms with Crippen LogP contribution >= 0.6 is 0 Å². The average molecular weight is 268 g/mol. The Labute approximate surface area is 119 Å². The molecule has 0 saturated carbocycles. The van der Waals surface area contributed by atoms with Crippen molar-refractivity contribution in [1.82, 2.24) is 0 Å². The van der Waals surface area contributed by atoms with Crippen LogP contribution in [0.5, 0.6) is 0 Å².